The molecule has 1 aromatic rings. The number of aromatic nitrogens is 1. The molecule has 1 fully saturated rings. The Balaban J connectivity index is 1.87. The van der Waals surface area contributed by atoms with E-state index in [1.807, 2.05) is 0 Å². The second kappa shape index (κ2) is 5.26. The van der Waals surface area contributed by atoms with E-state index in [1.54, 1.807) is 18.4 Å². The average molecular weight is 266 g/mol. The first-order chi connectivity index (χ1) is 8.49. The monoisotopic (exact) mass is 266 g/mol. The van der Waals surface area contributed by atoms with E-state index < -0.39 is 0 Å². The standard InChI is InChI=1S/C13H22N4S/c1-13(2,3)11-16-10(8-18-11)7-15-12(14-4)17-9-5-6-9/h8-9H,5-7H2,1-4H3,(H2,14,15,17). The molecule has 1 aliphatic rings. The predicted molar refractivity (Wildman–Crippen MR) is 77.2 cm³/mol. The van der Waals surface area contributed by atoms with Crippen molar-refractivity contribution in [3.63, 3.8) is 0 Å². The minimum atomic E-state index is 0.136. The van der Waals surface area contributed by atoms with Crippen LogP contribution in [0.15, 0.2) is 10.4 Å². The van der Waals surface area contributed by atoms with Crippen molar-refractivity contribution in [3.05, 3.63) is 16.1 Å². The van der Waals surface area contributed by atoms with Crippen LogP contribution in [-0.2, 0) is 12.0 Å². The fourth-order valence-corrected chi connectivity index (χ4v) is 2.43. The number of guanidine groups is 1. The lowest BCUT2D eigenvalue weighted by atomic mass is 9.98. The van der Waals surface area contributed by atoms with E-state index in [9.17, 15) is 0 Å². The Labute approximate surface area is 113 Å². The third-order valence-corrected chi connectivity index (χ3v) is 4.09. The van der Waals surface area contributed by atoms with E-state index in [4.69, 9.17) is 0 Å². The van der Waals surface area contributed by atoms with Crippen LogP contribution in [0.5, 0.6) is 0 Å². The Hall–Kier alpha value is -1.10. The summed E-state index contributed by atoms with van der Waals surface area (Å²) in [6.07, 6.45) is 2.51. The zero-order valence-corrected chi connectivity index (χ0v) is 12.4. The lowest BCUT2D eigenvalue weighted by Gasteiger charge is -2.13. The lowest BCUT2D eigenvalue weighted by Crippen LogP contribution is -2.38. The van der Waals surface area contributed by atoms with Gasteiger partial charge in [-0.25, -0.2) is 4.98 Å². The normalized spacial score (nSPS) is 16.8. The molecule has 5 heteroatoms. The summed E-state index contributed by atoms with van der Waals surface area (Å²) in [5.74, 6) is 0.878. The molecule has 2 rings (SSSR count). The summed E-state index contributed by atoms with van der Waals surface area (Å²) in [5, 5.41) is 9.97. The van der Waals surface area contributed by atoms with Gasteiger partial charge in [-0.1, -0.05) is 20.8 Å². The first-order valence-corrected chi connectivity index (χ1v) is 7.29. The molecule has 18 heavy (non-hydrogen) atoms. The third kappa shape index (κ3) is 3.70. The summed E-state index contributed by atoms with van der Waals surface area (Å²) in [5.41, 5.74) is 1.22. The molecule has 0 aromatic carbocycles. The van der Waals surface area contributed by atoms with Crippen molar-refractivity contribution < 1.29 is 0 Å². The molecule has 1 saturated carbocycles. The van der Waals surface area contributed by atoms with Gasteiger partial charge in [-0.05, 0) is 12.8 Å². The molecule has 0 unspecified atom stereocenters. The van der Waals surface area contributed by atoms with Gasteiger partial charge in [0, 0.05) is 23.9 Å². The number of hydrogen-bond donors (Lipinski definition) is 2. The maximum Gasteiger partial charge on any atom is 0.191 e. The Morgan fingerprint density at radius 3 is 2.72 bits per heavy atom. The number of nitrogens with zero attached hydrogens (tertiary/aromatic N) is 2. The second-order valence-electron chi connectivity index (χ2n) is 5.74. The van der Waals surface area contributed by atoms with Gasteiger partial charge in [-0.15, -0.1) is 11.3 Å². The average Bonchev–Trinajstić information content (AvgIpc) is 2.97. The fraction of sp³-hybridized carbons (Fsp3) is 0.692. The van der Waals surface area contributed by atoms with Crippen molar-refractivity contribution >= 4 is 17.3 Å². The highest BCUT2D eigenvalue weighted by Crippen LogP contribution is 2.25. The summed E-state index contributed by atoms with van der Waals surface area (Å²) in [7, 11) is 1.80. The molecule has 0 amide bonds. The molecular formula is C13H22N4S. The van der Waals surface area contributed by atoms with Crippen LogP contribution in [0.2, 0.25) is 0 Å². The van der Waals surface area contributed by atoms with E-state index in [1.165, 1.54) is 17.8 Å². The number of nitrogens with one attached hydrogen (secondary N) is 2. The van der Waals surface area contributed by atoms with Crippen LogP contribution in [-0.4, -0.2) is 24.0 Å². The summed E-state index contributed by atoms with van der Waals surface area (Å²) < 4.78 is 0. The first-order valence-electron chi connectivity index (χ1n) is 6.41. The molecule has 0 saturated heterocycles. The Kier molecular flexibility index (Phi) is 3.90. The molecule has 2 N–H and O–H groups in total. The molecule has 0 bridgehead atoms. The van der Waals surface area contributed by atoms with Crippen molar-refractivity contribution in [1.82, 2.24) is 15.6 Å². The van der Waals surface area contributed by atoms with Crippen molar-refractivity contribution in [2.45, 2.75) is 51.6 Å². The molecule has 0 atom stereocenters. The predicted octanol–water partition coefficient (Wildman–Crippen LogP) is 2.27. The van der Waals surface area contributed by atoms with E-state index in [-0.39, 0.29) is 5.41 Å². The van der Waals surface area contributed by atoms with Gasteiger partial charge in [0.2, 0.25) is 0 Å². The van der Waals surface area contributed by atoms with Gasteiger partial charge in [-0.2, -0.15) is 0 Å². The molecule has 100 valence electrons. The van der Waals surface area contributed by atoms with Crippen LogP contribution >= 0.6 is 11.3 Å². The number of hydrogen-bond acceptors (Lipinski definition) is 3. The third-order valence-electron chi connectivity index (χ3n) is 2.77. The number of thiazole rings is 1. The minimum absolute atomic E-state index is 0.136. The quantitative estimate of drug-likeness (QED) is 0.652. The van der Waals surface area contributed by atoms with Gasteiger partial charge >= 0.3 is 0 Å². The van der Waals surface area contributed by atoms with Gasteiger partial charge in [0.25, 0.3) is 0 Å². The van der Waals surface area contributed by atoms with Gasteiger partial charge in [0.05, 0.1) is 17.2 Å². The van der Waals surface area contributed by atoms with Gasteiger partial charge in [0.1, 0.15) is 0 Å². The maximum atomic E-state index is 4.66. The highest BCUT2D eigenvalue weighted by molar-refractivity contribution is 7.09. The molecule has 0 radical (unpaired) electrons. The van der Waals surface area contributed by atoms with Crippen LogP contribution in [0.3, 0.4) is 0 Å². The van der Waals surface area contributed by atoms with Crippen LogP contribution in [0.4, 0.5) is 0 Å². The van der Waals surface area contributed by atoms with Crippen molar-refractivity contribution in [2.24, 2.45) is 4.99 Å². The van der Waals surface area contributed by atoms with Gasteiger partial charge < -0.3 is 10.6 Å². The molecule has 4 nitrogen and oxygen atoms in total. The van der Waals surface area contributed by atoms with Crippen molar-refractivity contribution in [3.8, 4) is 0 Å². The SMILES string of the molecule is CN=C(NCc1csc(C(C)(C)C)n1)NC1CC1. The highest BCUT2D eigenvalue weighted by Gasteiger charge is 2.22. The number of rotatable bonds is 3. The minimum Gasteiger partial charge on any atom is -0.354 e. The Bertz CT molecular complexity index is 426. The Morgan fingerprint density at radius 2 is 2.22 bits per heavy atom. The van der Waals surface area contributed by atoms with E-state index in [0.717, 1.165) is 18.2 Å². The van der Waals surface area contributed by atoms with E-state index >= 15 is 0 Å². The van der Waals surface area contributed by atoms with E-state index in [0.29, 0.717) is 6.04 Å². The molecule has 1 aliphatic carbocycles. The van der Waals surface area contributed by atoms with Crippen LogP contribution in [0.25, 0.3) is 0 Å². The summed E-state index contributed by atoms with van der Waals surface area (Å²) in [6, 6.07) is 0.622. The molecule has 0 spiro atoms. The van der Waals surface area contributed by atoms with Crippen molar-refractivity contribution in [1.29, 1.82) is 0 Å². The molecule has 1 heterocycles. The van der Waals surface area contributed by atoms with Crippen LogP contribution in [0.1, 0.15) is 44.3 Å². The highest BCUT2D eigenvalue weighted by atomic mass is 32.1. The van der Waals surface area contributed by atoms with Crippen LogP contribution in [0, 0.1) is 0 Å². The van der Waals surface area contributed by atoms with E-state index in [2.05, 4.69) is 46.8 Å². The summed E-state index contributed by atoms with van der Waals surface area (Å²) >= 11 is 1.73. The Morgan fingerprint density at radius 1 is 1.50 bits per heavy atom. The first kappa shape index (κ1) is 13.3. The van der Waals surface area contributed by atoms with Crippen molar-refractivity contribution in [2.75, 3.05) is 7.05 Å². The molecular weight excluding hydrogens is 244 g/mol. The van der Waals surface area contributed by atoms with Gasteiger partial charge in [0.15, 0.2) is 5.96 Å². The largest absolute Gasteiger partial charge is 0.354 e. The fourth-order valence-electron chi connectivity index (χ4n) is 1.52. The number of aliphatic imine (C=N–C) groups is 1. The lowest BCUT2D eigenvalue weighted by molar-refractivity contribution is 0.582. The topological polar surface area (TPSA) is 49.3 Å². The zero-order valence-electron chi connectivity index (χ0n) is 11.6. The molecule has 1 aromatic heterocycles. The van der Waals surface area contributed by atoms with Gasteiger partial charge in [-0.3, -0.25) is 4.99 Å². The second-order valence-corrected chi connectivity index (χ2v) is 6.60. The summed E-state index contributed by atoms with van der Waals surface area (Å²) in [6.45, 7) is 7.31. The smallest absolute Gasteiger partial charge is 0.191 e. The maximum absolute atomic E-state index is 4.66. The van der Waals surface area contributed by atoms with Crippen LogP contribution < -0.4 is 10.6 Å². The summed E-state index contributed by atoms with van der Waals surface area (Å²) in [4.78, 5) is 8.86. The molecule has 0 aliphatic heterocycles. The zero-order chi connectivity index (χ0) is 13.2.